The molecule has 1 aromatic carbocycles. The van der Waals surface area contributed by atoms with Crippen LogP contribution < -0.4 is 11.1 Å². The van der Waals surface area contributed by atoms with E-state index in [1.807, 2.05) is 13.8 Å². The van der Waals surface area contributed by atoms with E-state index in [2.05, 4.69) is 5.32 Å². The van der Waals surface area contributed by atoms with Crippen LogP contribution in [0.1, 0.15) is 50.9 Å². The fourth-order valence-electron chi connectivity index (χ4n) is 2.10. The van der Waals surface area contributed by atoms with Crippen LogP contribution >= 0.6 is 0 Å². The standard InChI is InChI=1S/C17H29N3O3S/c1-6-17(18,7-2)12-19-16(21)14-9-8-10-15(11-14)24(22,23)20(5)13(3)4/h8-11,13H,6-7,12,18H2,1-5H3,(H,19,21). The molecule has 0 aromatic heterocycles. The fraction of sp³-hybridized carbons (Fsp3) is 0.588. The maximum atomic E-state index is 12.5. The maximum absolute atomic E-state index is 12.5. The van der Waals surface area contributed by atoms with Crippen LogP contribution in [0.25, 0.3) is 0 Å². The smallest absolute Gasteiger partial charge is 0.251 e. The van der Waals surface area contributed by atoms with E-state index >= 15 is 0 Å². The first-order valence-corrected chi connectivity index (χ1v) is 9.66. The Kier molecular flexibility index (Phi) is 6.95. The van der Waals surface area contributed by atoms with Gasteiger partial charge in [0.25, 0.3) is 5.91 Å². The second-order valence-corrected chi connectivity index (χ2v) is 8.39. The number of hydrogen-bond acceptors (Lipinski definition) is 4. The Morgan fingerprint density at radius 2 is 1.88 bits per heavy atom. The van der Waals surface area contributed by atoms with Gasteiger partial charge in [0.05, 0.1) is 4.90 Å². The Labute approximate surface area is 145 Å². The van der Waals surface area contributed by atoms with E-state index in [0.717, 1.165) is 12.8 Å². The molecule has 0 unspecified atom stereocenters. The predicted octanol–water partition coefficient (Wildman–Crippen LogP) is 1.96. The molecule has 24 heavy (non-hydrogen) atoms. The third-order valence-electron chi connectivity index (χ3n) is 4.51. The number of benzene rings is 1. The zero-order valence-electron chi connectivity index (χ0n) is 15.2. The van der Waals surface area contributed by atoms with E-state index in [1.165, 1.54) is 23.5 Å². The first kappa shape index (κ1) is 20.6. The highest BCUT2D eigenvalue weighted by Crippen LogP contribution is 2.18. The van der Waals surface area contributed by atoms with Crippen LogP contribution in [0.3, 0.4) is 0 Å². The van der Waals surface area contributed by atoms with E-state index in [4.69, 9.17) is 5.73 Å². The first-order valence-electron chi connectivity index (χ1n) is 8.22. The Bertz CT molecular complexity index is 667. The molecule has 0 aliphatic heterocycles. The molecule has 1 rings (SSSR count). The lowest BCUT2D eigenvalue weighted by Crippen LogP contribution is -2.49. The average Bonchev–Trinajstić information content (AvgIpc) is 2.58. The van der Waals surface area contributed by atoms with Crippen LogP contribution in [0, 0.1) is 0 Å². The van der Waals surface area contributed by atoms with Crippen molar-refractivity contribution in [3.8, 4) is 0 Å². The highest BCUT2D eigenvalue weighted by atomic mass is 32.2. The lowest BCUT2D eigenvalue weighted by atomic mass is 9.94. The third kappa shape index (κ3) is 4.78. The van der Waals surface area contributed by atoms with Crippen LogP contribution in [0.5, 0.6) is 0 Å². The molecule has 0 saturated heterocycles. The number of carbonyl (C=O) groups excluding carboxylic acids is 1. The normalized spacial score (nSPS) is 12.7. The van der Waals surface area contributed by atoms with Gasteiger partial charge in [0, 0.05) is 30.7 Å². The number of nitrogens with zero attached hydrogens (tertiary/aromatic N) is 1. The molecule has 0 bridgehead atoms. The molecule has 0 saturated carbocycles. The summed E-state index contributed by atoms with van der Waals surface area (Å²) < 4.78 is 26.3. The predicted molar refractivity (Wildman–Crippen MR) is 96.4 cm³/mol. The number of sulfonamides is 1. The van der Waals surface area contributed by atoms with Crippen LogP contribution in [0.4, 0.5) is 0 Å². The largest absolute Gasteiger partial charge is 0.350 e. The van der Waals surface area contributed by atoms with Crippen LogP contribution in [-0.4, -0.2) is 43.8 Å². The summed E-state index contributed by atoms with van der Waals surface area (Å²) in [5.74, 6) is -0.323. The molecular formula is C17H29N3O3S. The summed E-state index contributed by atoms with van der Waals surface area (Å²) in [5, 5.41) is 2.80. The van der Waals surface area contributed by atoms with Gasteiger partial charge in [0.2, 0.25) is 10.0 Å². The molecule has 6 nitrogen and oxygen atoms in total. The van der Waals surface area contributed by atoms with Crippen molar-refractivity contribution in [1.82, 2.24) is 9.62 Å². The van der Waals surface area contributed by atoms with Crippen molar-refractivity contribution in [2.45, 2.75) is 57.0 Å². The van der Waals surface area contributed by atoms with Gasteiger partial charge in [-0.05, 0) is 44.9 Å². The van der Waals surface area contributed by atoms with Crippen molar-refractivity contribution in [2.75, 3.05) is 13.6 Å². The molecule has 7 heteroatoms. The Balaban J connectivity index is 2.99. The zero-order valence-corrected chi connectivity index (χ0v) is 16.0. The van der Waals surface area contributed by atoms with Gasteiger partial charge in [0.1, 0.15) is 0 Å². The second kappa shape index (κ2) is 8.09. The van der Waals surface area contributed by atoms with Crippen molar-refractivity contribution < 1.29 is 13.2 Å². The molecular weight excluding hydrogens is 326 g/mol. The molecule has 1 aromatic rings. The fourth-order valence-corrected chi connectivity index (χ4v) is 3.51. The van der Waals surface area contributed by atoms with E-state index in [1.54, 1.807) is 26.0 Å². The quantitative estimate of drug-likeness (QED) is 0.745. The number of rotatable bonds is 8. The molecule has 3 N–H and O–H groups in total. The lowest BCUT2D eigenvalue weighted by molar-refractivity contribution is 0.0942. The lowest BCUT2D eigenvalue weighted by Gasteiger charge is -2.26. The Morgan fingerprint density at radius 3 is 2.38 bits per heavy atom. The molecule has 136 valence electrons. The molecule has 0 heterocycles. The number of carbonyl (C=O) groups is 1. The van der Waals surface area contributed by atoms with Crippen molar-refractivity contribution in [1.29, 1.82) is 0 Å². The van der Waals surface area contributed by atoms with Gasteiger partial charge in [0.15, 0.2) is 0 Å². The van der Waals surface area contributed by atoms with Crippen molar-refractivity contribution in [3.05, 3.63) is 29.8 Å². The number of amides is 1. The van der Waals surface area contributed by atoms with Crippen molar-refractivity contribution >= 4 is 15.9 Å². The Hall–Kier alpha value is -1.44. The van der Waals surface area contributed by atoms with Gasteiger partial charge in [-0.2, -0.15) is 4.31 Å². The SMILES string of the molecule is CCC(N)(CC)CNC(=O)c1cccc(S(=O)(=O)N(C)C(C)C)c1. The maximum Gasteiger partial charge on any atom is 0.251 e. The van der Waals surface area contributed by atoms with Gasteiger partial charge in [-0.3, -0.25) is 4.79 Å². The zero-order chi connectivity index (χ0) is 18.5. The Morgan fingerprint density at radius 1 is 1.29 bits per heavy atom. The van der Waals surface area contributed by atoms with Crippen LogP contribution in [-0.2, 0) is 10.0 Å². The molecule has 0 radical (unpaired) electrons. The van der Waals surface area contributed by atoms with Gasteiger partial charge in [-0.15, -0.1) is 0 Å². The number of nitrogens with one attached hydrogen (secondary N) is 1. The third-order valence-corrected chi connectivity index (χ3v) is 6.54. The number of nitrogens with two attached hydrogens (primary N) is 1. The van der Waals surface area contributed by atoms with E-state index < -0.39 is 15.6 Å². The van der Waals surface area contributed by atoms with E-state index in [9.17, 15) is 13.2 Å². The minimum absolute atomic E-state index is 0.108. The van der Waals surface area contributed by atoms with Gasteiger partial charge in [-0.25, -0.2) is 8.42 Å². The molecule has 0 aliphatic carbocycles. The molecule has 0 aliphatic rings. The molecule has 0 atom stereocenters. The number of hydrogen-bond donors (Lipinski definition) is 2. The molecule has 0 fully saturated rings. The molecule has 0 spiro atoms. The highest BCUT2D eigenvalue weighted by Gasteiger charge is 2.25. The van der Waals surface area contributed by atoms with Crippen LogP contribution in [0.2, 0.25) is 0 Å². The van der Waals surface area contributed by atoms with Gasteiger partial charge >= 0.3 is 0 Å². The average molecular weight is 356 g/mol. The van der Waals surface area contributed by atoms with Crippen molar-refractivity contribution in [3.63, 3.8) is 0 Å². The summed E-state index contributed by atoms with van der Waals surface area (Å²) in [7, 11) is -2.09. The topological polar surface area (TPSA) is 92.5 Å². The van der Waals surface area contributed by atoms with Gasteiger partial charge < -0.3 is 11.1 Å². The summed E-state index contributed by atoms with van der Waals surface area (Å²) in [6.07, 6.45) is 1.49. The van der Waals surface area contributed by atoms with E-state index in [-0.39, 0.29) is 16.8 Å². The van der Waals surface area contributed by atoms with E-state index in [0.29, 0.717) is 12.1 Å². The second-order valence-electron chi connectivity index (χ2n) is 6.39. The van der Waals surface area contributed by atoms with Crippen LogP contribution in [0.15, 0.2) is 29.2 Å². The first-order chi connectivity index (χ1) is 11.1. The summed E-state index contributed by atoms with van der Waals surface area (Å²) in [6, 6.07) is 5.90. The molecule has 1 amide bonds. The summed E-state index contributed by atoms with van der Waals surface area (Å²) in [5.41, 5.74) is 6.04. The summed E-state index contributed by atoms with van der Waals surface area (Å²) in [4.78, 5) is 12.4. The van der Waals surface area contributed by atoms with Gasteiger partial charge in [-0.1, -0.05) is 19.9 Å². The summed E-state index contributed by atoms with van der Waals surface area (Å²) in [6.45, 7) is 7.89. The highest BCUT2D eigenvalue weighted by molar-refractivity contribution is 7.89. The minimum atomic E-state index is -3.62. The van der Waals surface area contributed by atoms with Crippen molar-refractivity contribution in [2.24, 2.45) is 5.73 Å². The minimum Gasteiger partial charge on any atom is -0.350 e. The summed E-state index contributed by atoms with van der Waals surface area (Å²) >= 11 is 0. The monoisotopic (exact) mass is 355 g/mol.